The first-order chi connectivity index (χ1) is 25.3. The predicted molar refractivity (Wildman–Crippen MR) is 193 cm³/mol. The van der Waals surface area contributed by atoms with E-state index in [0.717, 1.165) is 13.8 Å². The molecular weight excluding hydrogens is 901 g/mol. The number of aromatic hydroxyl groups is 4. The van der Waals surface area contributed by atoms with Crippen LogP contribution in [0.2, 0.25) is 0 Å². The Balaban J connectivity index is -0.000000857. The number of aliphatic carboxylic acids is 2. The topological polar surface area (TPSA) is 281 Å². The largest absolute Gasteiger partial charge is 0.504 e. The first-order valence-corrected chi connectivity index (χ1v) is 15.2. The number of nitrogens with zero attached hydrogens (tertiary/aromatic N) is 4. The molecule has 7 N–H and O–H groups in total. The van der Waals surface area contributed by atoms with E-state index in [0.29, 0.717) is 22.6 Å². The van der Waals surface area contributed by atoms with Crippen LogP contribution in [-0.2, 0) is 87.4 Å². The number of methoxy groups -OCH3 is 2. The van der Waals surface area contributed by atoms with Crippen molar-refractivity contribution in [2.45, 2.75) is 20.8 Å². The Kier molecular flexibility index (Phi) is 37.0. The van der Waals surface area contributed by atoms with Crippen molar-refractivity contribution < 1.29 is 133 Å². The fourth-order valence-electron chi connectivity index (χ4n) is 3.17. The van der Waals surface area contributed by atoms with Crippen LogP contribution in [0.25, 0.3) is 0 Å². The van der Waals surface area contributed by atoms with Crippen molar-refractivity contribution >= 4 is 36.8 Å². The normalized spacial score (nSPS) is 9.82. The minimum Gasteiger partial charge on any atom is -0.504 e. The zero-order chi connectivity index (χ0) is 40.0. The van der Waals surface area contributed by atoms with E-state index in [1.807, 2.05) is 0 Å². The van der Waals surface area contributed by atoms with Gasteiger partial charge in [-0.3, -0.25) is 9.59 Å². The molecule has 0 fully saturated rings. The van der Waals surface area contributed by atoms with E-state index in [2.05, 4.69) is 20.6 Å². The molecule has 0 heterocycles. The number of carboxylic acids is 2. The molecule has 0 saturated heterocycles. The number of oxime groups is 4. The van der Waals surface area contributed by atoms with Gasteiger partial charge in [-0.2, -0.15) is 0 Å². The fraction of sp³-hybridized carbons (Fsp3) is 0.294. The van der Waals surface area contributed by atoms with E-state index < -0.39 is 23.4 Å². The number of para-hydroxylation sites is 2. The second-order valence-corrected chi connectivity index (χ2v) is 9.36. The molecule has 0 aliphatic rings. The van der Waals surface area contributed by atoms with Gasteiger partial charge in [0.2, 0.25) is 0 Å². The number of hydrogen-bond acceptors (Lipinski definition) is 17. The SMILES string of the molecule is CC(=O)O.CC(=O)O.CCO.COc1cccc(/C=N/OCCO/N=C/c2ccc(/C=N/OCCO/N=C/c3cccc(OC)c3O)c(O)c2O)c1O.[Zn].[Zn].[Zn]. The molecule has 3 aromatic rings. The monoisotopic (exact) mass is 940 g/mol. The summed E-state index contributed by atoms with van der Waals surface area (Å²) in [5, 5.41) is 77.8. The molecule has 0 spiro atoms. The molecule has 0 aliphatic carbocycles. The van der Waals surface area contributed by atoms with Crippen LogP contribution >= 0.6 is 0 Å². The molecule has 0 aliphatic heterocycles. The maximum atomic E-state index is 10.2. The molecule has 0 saturated carbocycles. The average Bonchev–Trinajstić information content (AvgIpc) is 3.10. The maximum absolute atomic E-state index is 10.2. The Morgan fingerprint density at radius 2 is 0.768 bits per heavy atom. The van der Waals surface area contributed by atoms with E-state index in [9.17, 15) is 20.4 Å². The molecule has 56 heavy (non-hydrogen) atoms. The summed E-state index contributed by atoms with van der Waals surface area (Å²) in [6.45, 7) is 4.32. The summed E-state index contributed by atoms with van der Waals surface area (Å²) in [5.74, 6) is -2.00. The zero-order valence-electron chi connectivity index (χ0n) is 31.8. The number of aliphatic hydroxyl groups excluding tert-OH is 1. The van der Waals surface area contributed by atoms with Crippen molar-refractivity contribution in [3.05, 3.63) is 70.8 Å². The first-order valence-electron chi connectivity index (χ1n) is 15.2. The molecule has 0 aromatic heterocycles. The summed E-state index contributed by atoms with van der Waals surface area (Å²) >= 11 is 0. The van der Waals surface area contributed by atoms with Gasteiger partial charge in [0.25, 0.3) is 11.9 Å². The molecule has 0 atom stereocenters. The van der Waals surface area contributed by atoms with Gasteiger partial charge in [0.1, 0.15) is 0 Å². The number of rotatable bonds is 16. The molecule has 0 unspecified atom stereocenters. The number of phenolic OH excluding ortho intramolecular Hbond substituents is 4. The molecule has 3 rings (SSSR count). The Morgan fingerprint density at radius 3 is 1.00 bits per heavy atom. The van der Waals surface area contributed by atoms with E-state index >= 15 is 0 Å². The molecular formula is C34H44N4O15Zn3. The van der Waals surface area contributed by atoms with Crippen molar-refractivity contribution in [2.24, 2.45) is 20.6 Å². The van der Waals surface area contributed by atoms with E-state index in [-0.39, 0.29) is 114 Å². The number of carbonyl (C=O) groups is 2. The van der Waals surface area contributed by atoms with Crippen molar-refractivity contribution in [2.75, 3.05) is 47.3 Å². The van der Waals surface area contributed by atoms with Gasteiger partial charge in [0.15, 0.2) is 60.9 Å². The van der Waals surface area contributed by atoms with Crippen LogP contribution in [0.3, 0.4) is 0 Å². The van der Waals surface area contributed by atoms with Crippen molar-refractivity contribution in [3.63, 3.8) is 0 Å². The summed E-state index contributed by atoms with van der Waals surface area (Å²) in [6, 6.07) is 12.9. The van der Waals surface area contributed by atoms with Gasteiger partial charge < -0.3 is 64.6 Å². The Labute approximate surface area is 361 Å². The summed E-state index contributed by atoms with van der Waals surface area (Å²) < 4.78 is 10.0. The summed E-state index contributed by atoms with van der Waals surface area (Å²) in [4.78, 5) is 38.2. The summed E-state index contributed by atoms with van der Waals surface area (Å²) in [7, 11) is 2.89. The van der Waals surface area contributed by atoms with Gasteiger partial charge >= 0.3 is 0 Å². The molecule has 296 valence electrons. The minimum atomic E-state index is -0.833. The minimum absolute atomic E-state index is 0. The number of aliphatic hydroxyl groups is 1. The molecule has 0 amide bonds. The van der Waals surface area contributed by atoms with E-state index in [1.165, 1.54) is 51.2 Å². The van der Waals surface area contributed by atoms with Crippen LogP contribution in [0.4, 0.5) is 0 Å². The van der Waals surface area contributed by atoms with Crippen LogP contribution in [0.5, 0.6) is 34.5 Å². The van der Waals surface area contributed by atoms with E-state index in [4.69, 9.17) is 53.7 Å². The molecule has 0 bridgehead atoms. The molecule has 0 radical (unpaired) electrons. The van der Waals surface area contributed by atoms with Gasteiger partial charge in [-0.25, -0.2) is 0 Å². The Hall–Kier alpha value is -4.89. The average molecular weight is 945 g/mol. The van der Waals surface area contributed by atoms with Crippen molar-refractivity contribution in [1.82, 2.24) is 0 Å². The van der Waals surface area contributed by atoms with Crippen LogP contribution < -0.4 is 9.47 Å². The predicted octanol–water partition coefficient (Wildman–Crippen LogP) is 3.50. The van der Waals surface area contributed by atoms with Crippen LogP contribution in [0.15, 0.2) is 69.2 Å². The standard InChI is InChI=1S/C28H30N4O10.2C2H4O2.C2H6O.3Zn/c1-37-23-7-3-5-19(25(23)33)15-29-39-11-13-41-31-17-21-9-10-22(28(36)27(21)35)18-32-42-14-12-40-30-16-20-6-4-8-24(38-2)26(20)34;2*1-2(3)4;1-2-3;;;/h3-10,15-18,33-36H,11-14H2,1-2H3;2*1H3,(H,3,4);3H,2H2,1H3;;;/b29-15+,30-16+,31-17+,32-18+;;;;;;. The number of ether oxygens (including phenoxy) is 2. The quantitative estimate of drug-likeness (QED) is 0.0356. The number of benzene rings is 3. The van der Waals surface area contributed by atoms with Crippen LogP contribution in [0.1, 0.15) is 43.0 Å². The number of hydrogen-bond donors (Lipinski definition) is 7. The molecule has 3 aromatic carbocycles. The number of carboxylic acid groups (broad SMARTS) is 2. The molecule has 22 heteroatoms. The van der Waals surface area contributed by atoms with E-state index in [1.54, 1.807) is 43.3 Å². The van der Waals surface area contributed by atoms with Crippen LogP contribution in [0, 0.1) is 0 Å². The maximum Gasteiger partial charge on any atom is 0.300 e. The van der Waals surface area contributed by atoms with Gasteiger partial charge in [-0.1, -0.05) is 32.8 Å². The third kappa shape index (κ3) is 26.0. The van der Waals surface area contributed by atoms with Gasteiger partial charge in [-0.05, 0) is 43.3 Å². The third-order valence-corrected chi connectivity index (χ3v) is 5.31. The van der Waals surface area contributed by atoms with Crippen LogP contribution in [-0.4, -0.2) is 120 Å². The van der Waals surface area contributed by atoms with Gasteiger partial charge in [-0.15, -0.1) is 0 Å². The zero-order valence-corrected chi connectivity index (χ0v) is 40.7. The fourth-order valence-corrected chi connectivity index (χ4v) is 3.17. The molecule has 19 nitrogen and oxygen atoms in total. The second kappa shape index (κ2) is 35.8. The number of phenols is 4. The summed E-state index contributed by atoms with van der Waals surface area (Å²) in [6.07, 6.45) is 5.09. The van der Waals surface area contributed by atoms with Gasteiger partial charge in [0.05, 0.1) is 39.1 Å². The van der Waals surface area contributed by atoms with Gasteiger partial charge in [0, 0.05) is 101 Å². The summed E-state index contributed by atoms with van der Waals surface area (Å²) in [5.41, 5.74) is 1.25. The second-order valence-electron chi connectivity index (χ2n) is 9.36. The van der Waals surface area contributed by atoms with Crippen molar-refractivity contribution in [1.29, 1.82) is 0 Å². The third-order valence-electron chi connectivity index (χ3n) is 5.31. The first kappa shape index (κ1) is 57.8. The Bertz CT molecular complexity index is 1540. The smallest absolute Gasteiger partial charge is 0.300 e. The Morgan fingerprint density at radius 1 is 0.536 bits per heavy atom. The van der Waals surface area contributed by atoms with Crippen molar-refractivity contribution in [3.8, 4) is 34.5 Å².